The zero-order valence-corrected chi connectivity index (χ0v) is 16.5. The highest BCUT2D eigenvalue weighted by atomic mass is 35.5. The summed E-state index contributed by atoms with van der Waals surface area (Å²) in [5, 5.41) is 10.7. The first kappa shape index (κ1) is 20.6. The third kappa shape index (κ3) is 5.47. The second-order valence-corrected chi connectivity index (χ2v) is 9.04. The molecule has 0 atom stereocenters. The van der Waals surface area contributed by atoms with Crippen molar-refractivity contribution in [3.63, 3.8) is 0 Å². The van der Waals surface area contributed by atoms with E-state index in [1.807, 2.05) is 0 Å². The summed E-state index contributed by atoms with van der Waals surface area (Å²) >= 11 is 5.74. The highest BCUT2D eigenvalue weighted by molar-refractivity contribution is 7.91. The molecule has 3 N–H and O–H groups in total. The minimum atomic E-state index is -2.88. The van der Waals surface area contributed by atoms with Crippen LogP contribution in [0.5, 0.6) is 0 Å². The third-order valence-corrected chi connectivity index (χ3v) is 6.18. The lowest BCUT2D eigenvalue weighted by atomic mass is 10.2. The van der Waals surface area contributed by atoms with Crippen LogP contribution in [-0.4, -0.2) is 67.2 Å². The van der Waals surface area contributed by atoms with Crippen molar-refractivity contribution in [2.24, 2.45) is 10.7 Å². The first-order valence-corrected chi connectivity index (χ1v) is 10.8. The smallest absolute Gasteiger partial charge is 0.174 e. The number of rotatable bonds is 7. The average molecular weight is 431 g/mol. The summed E-state index contributed by atoms with van der Waals surface area (Å²) in [6.07, 6.45) is 0. The van der Waals surface area contributed by atoms with Crippen molar-refractivity contribution in [1.82, 2.24) is 20.5 Å². The van der Waals surface area contributed by atoms with Gasteiger partial charge in [0.05, 0.1) is 22.2 Å². The van der Waals surface area contributed by atoms with Crippen LogP contribution in [0.1, 0.15) is 11.4 Å². The largest absolute Gasteiger partial charge is 0.382 e. The summed E-state index contributed by atoms with van der Waals surface area (Å²) < 4.78 is 40.8. The van der Waals surface area contributed by atoms with Gasteiger partial charge in [-0.1, -0.05) is 16.8 Å². The molecule has 0 amide bonds. The molecule has 2 heterocycles. The first-order chi connectivity index (χ1) is 13.3. The molecule has 1 saturated heterocycles. The second-order valence-electron chi connectivity index (χ2n) is 6.33. The van der Waals surface area contributed by atoms with E-state index in [9.17, 15) is 12.8 Å². The van der Waals surface area contributed by atoms with E-state index in [0.717, 1.165) is 0 Å². The molecule has 1 aliphatic heterocycles. The Morgan fingerprint density at radius 2 is 2.11 bits per heavy atom. The van der Waals surface area contributed by atoms with Gasteiger partial charge >= 0.3 is 0 Å². The average Bonchev–Trinajstić information content (AvgIpc) is 3.12. The SMILES string of the molecule is NC(=Nc1ccc(F)c(Cl)c1)c1nonc1CNCCN1CCS(=O)(=O)CC1. The molecule has 0 radical (unpaired) electrons. The number of hydrogen-bond acceptors (Lipinski definition) is 8. The van der Waals surface area contributed by atoms with Crippen LogP contribution in [0.4, 0.5) is 10.1 Å². The van der Waals surface area contributed by atoms with Crippen molar-refractivity contribution < 1.29 is 17.4 Å². The lowest BCUT2D eigenvalue weighted by molar-refractivity contribution is 0.290. The van der Waals surface area contributed by atoms with Crippen LogP contribution >= 0.6 is 11.6 Å². The Balaban J connectivity index is 1.53. The number of nitrogens with one attached hydrogen (secondary N) is 1. The van der Waals surface area contributed by atoms with Crippen LogP contribution < -0.4 is 11.1 Å². The maximum atomic E-state index is 13.2. The number of nitrogens with two attached hydrogens (primary N) is 1. The van der Waals surface area contributed by atoms with Gasteiger partial charge in [-0.05, 0) is 23.4 Å². The number of aromatic nitrogens is 2. The fourth-order valence-corrected chi connectivity index (χ4v) is 4.13. The topological polar surface area (TPSA) is 127 Å². The van der Waals surface area contributed by atoms with E-state index < -0.39 is 15.7 Å². The molecule has 1 fully saturated rings. The van der Waals surface area contributed by atoms with Crippen molar-refractivity contribution in [3.05, 3.63) is 40.4 Å². The molecule has 152 valence electrons. The number of benzene rings is 1. The Hall–Kier alpha value is -2.08. The summed E-state index contributed by atoms with van der Waals surface area (Å²) in [5.74, 6) is -0.0735. The number of amidine groups is 1. The summed E-state index contributed by atoms with van der Waals surface area (Å²) in [6.45, 7) is 2.79. The normalized spacial score (nSPS) is 17.7. The van der Waals surface area contributed by atoms with Crippen LogP contribution in [0.3, 0.4) is 0 Å². The van der Waals surface area contributed by atoms with E-state index in [0.29, 0.717) is 44.1 Å². The maximum Gasteiger partial charge on any atom is 0.174 e. The van der Waals surface area contributed by atoms with Crippen LogP contribution in [0.15, 0.2) is 27.8 Å². The van der Waals surface area contributed by atoms with E-state index >= 15 is 0 Å². The van der Waals surface area contributed by atoms with Gasteiger partial charge in [0, 0.05) is 32.7 Å². The predicted molar refractivity (Wildman–Crippen MR) is 103 cm³/mol. The van der Waals surface area contributed by atoms with Crippen molar-refractivity contribution in [2.45, 2.75) is 6.54 Å². The van der Waals surface area contributed by atoms with Crippen LogP contribution in [-0.2, 0) is 16.4 Å². The minimum Gasteiger partial charge on any atom is -0.382 e. The highest BCUT2D eigenvalue weighted by Crippen LogP contribution is 2.22. The molecule has 1 aliphatic rings. The number of aliphatic imine (C=N–C) groups is 1. The summed E-state index contributed by atoms with van der Waals surface area (Å²) in [5.41, 5.74) is 7.12. The molecule has 1 aromatic carbocycles. The summed E-state index contributed by atoms with van der Waals surface area (Å²) in [6, 6.07) is 4.00. The zero-order valence-electron chi connectivity index (χ0n) is 14.9. The zero-order chi connectivity index (χ0) is 20.1. The van der Waals surface area contributed by atoms with Crippen molar-refractivity contribution in [1.29, 1.82) is 0 Å². The van der Waals surface area contributed by atoms with Crippen molar-refractivity contribution in [3.8, 4) is 0 Å². The Labute approximate surface area is 166 Å². The molecule has 0 saturated carbocycles. The lowest BCUT2D eigenvalue weighted by Crippen LogP contribution is -2.43. The molecule has 2 aromatic rings. The molecule has 12 heteroatoms. The Morgan fingerprint density at radius 1 is 1.36 bits per heavy atom. The summed E-state index contributed by atoms with van der Waals surface area (Å²) in [4.78, 5) is 6.25. The molecule has 0 spiro atoms. The van der Waals surface area contributed by atoms with Gasteiger partial charge < -0.3 is 16.0 Å². The number of halogens is 2. The van der Waals surface area contributed by atoms with Crippen LogP contribution in [0.25, 0.3) is 0 Å². The Kier molecular flexibility index (Phi) is 6.60. The quantitative estimate of drug-likeness (QED) is 0.373. The van der Waals surface area contributed by atoms with Crippen LogP contribution in [0.2, 0.25) is 5.02 Å². The van der Waals surface area contributed by atoms with Gasteiger partial charge in [0.25, 0.3) is 0 Å². The Bertz CT molecular complexity index is 951. The predicted octanol–water partition coefficient (Wildman–Crippen LogP) is 0.719. The van der Waals surface area contributed by atoms with Gasteiger partial charge in [-0.25, -0.2) is 22.4 Å². The summed E-state index contributed by atoms with van der Waals surface area (Å²) in [7, 11) is -2.88. The van der Waals surface area contributed by atoms with E-state index in [1.54, 1.807) is 0 Å². The lowest BCUT2D eigenvalue weighted by Gasteiger charge is -2.26. The van der Waals surface area contributed by atoms with Crippen molar-refractivity contribution in [2.75, 3.05) is 37.7 Å². The maximum absolute atomic E-state index is 13.2. The molecule has 0 bridgehead atoms. The number of hydrogen-bond donors (Lipinski definition) is 2. The Morgan fingerprint density at radius 3 is 2.82 bits per heavy atom. The fraction of sp³-hybridized carbons (Fsp3) is 0.438. The first-order valence-electron chi connectivity index (χ1n) is 8.58. The fourth-order valence-electron chi connectivity index (χ4n) is 2.68. The molecule has 0 unspecified atom stereocenters. The molecule has 9 nitrogen and oxygen atoms in total. The standard InChI is InChI=1S/C16H20ClFN6O3S/c17-12-9-11(1-2-13(12)18)21-16(19)15-14(22-27-23-15)10-20-3-4-24-5-7-28(25,26)8-6-24/h1-2,9,20H,3-8,10H2,(H2,19,21). The van der Waals surface area contributed by atoms with Gasteiger partial charge in [0.2, 0.25) is 0 Å². The number of nitrogens with zero attached hydrogens (tertiary/aromatic N) is 4. The molecule has 0 aliphatic carbocycles. The van der Waals surface area contributed by atoms with E-state index in [1.165, 1.54) is 18.2 Å². The molecule has 1 aromatic heterocycles. The highest BCUT2D eigenvalue weighted by Gasteiger charge is 2.21. The van der Waals surface area contributed by atoms with E-state index in [-0.39, 0.29) is 28.1 Å². The molecular formula is C16H20ClFN6O3S. The monoisotopic (exact) mass is 430 g/mol. The van der Waals surface area contributed by atoms with E-state index in [2.05, 4.69) is 25.5 Å². The van der Waals surface area contributed by atoms with Crippen molar-refractivity contribution >= 4 is 33.0 Å². The molecule has 28 heavy (non-hydrogen) atoms. The molecule has 3 rings (SSSR count). The van der Waals surface area contributed by atoms with Gasteiger partial charge in [-0.3, -0.25) is 0 Å². The number of sulfone groups is 1. The van der Waals surface area contributed by atoms with Crippen LogP contribution in [0, 0.1) is 5.82 Å². The van der Waals surface area contributed by atoms with E-state index in [4.69, 9.17) is 22.0 Å². The van der Waals surface area contributed by atoms with Gasteiger partial charge in [0.1, 0.15) is 11.5 Å². The van der Waals surface area contributed by atoms with Gasteiger partial charge in [-0.2, -0.15) is 0 Å². The second kappa shape index (κ2) is 8.95. The van der Waals surface area contributed by atoms with Gasteiger partial charge in [-0.15, -0.1) is 0 Å². The minimum absolute atomic E-state index is 0.0558. The molecular weight excluding hydrogens is 411 g/mol. The van der Waals surface area contributed by atoms with Gasteiger partial charge in [0.15, 0.2) is 21.4 Å². The third-order valence-electron chi connectivity index (χ3n) is 4.29.